The molecule has 0 unspecified atom stereocenters. The first-order valence-electron chi connectivity index (χ1n) is 6.67. The second kappa shape index (κ2) is 7.05. The van der Waals surface area contributed by atoms with Crippen molar-refractivity contribution >= 4 is 34.8 Å². The third-order valence-corrected chi connectivity index (χ3v) is 3.89. The van der Waals surface area contributed by atoms with Gasteiger partial charge in [0.1, 0.15) is 0 Å². The van der Waals surface area contributed by atoms with Crippen molar-refractivity contribution in [2.45, 2.75) is 6.92 Å². The smallest absolute Gasteiger partial charge is 0.358 e. The summed E-state index contributed by atoms with van der Waals surface area (Å²) in [5, 5.41) is 11.0. The Bertz CT molecular complexity index is 736. The van der Waals surface area contributed by atoms with Gasteiger partial charge in [0.05, 0.1) is 29.9 Å². The van der Waals surface area contributed by atoms with Crippen molar-refractivity contribution in [2.75, 3.05) is 19.0 Å². The summed E-state index contributed by atoms with van der Waals surface area (Å²) in [4.78, 5) is 36.1. The van der Waals surface area contributed by atoms with Crippen LogP contribution in [-0.2, 0) is 16.6 Å². The Morgan fingerprint density at radius 1 is 1.39 bits per heavy atom. The zero-order valence-corrected chi connectivity index (χ0v) is 13.7. The van der Waals surface area contributed by atoms with Crippen LogP contribution in [0.1, 0.15) is 25.9 Å². The van der Waals surface area contributed by atoms with E-state index in [1.54, 1.807) is 31.5 Å². The number of nitrogens with zero attached hydrogens (tertiary/aromatic N) is 2. The maximum absolute atomic E-state index is 12.0. The highest BCUT2D eigenvalue weighted by Gasteiger charge is 2.22. The average Bonchev–Trinajstić information content (AvgIpc) is 3.13. The first-order chi connectivity index (χ1) is 10.9. The molecular weight excluding hydrogens is 320 g/mol. The number of nitrogens with one attached hydrogen (secondary N) is 2. The molecule has 0 aliphatic rings. The van der Waals surface area contributed by atoms with Crippen molar-refractivity contribution in [3.05, 3.63) is 33.8 Å². The fourth-order valence-corrected chi connectivity index (χ4v) is 2.62. The lowest BCUT2D eigenvalue weighted by molar-refractivity contribution is -0.115. The molecule has 2 amide bonds. The van der Waals surface area contributed by atoms with Crippen LogP contribution in [0.25, 0.3) is 0 Å². The largest absolute Gasteiger partial charge is 0.464 e. The van der Waals surface area contributed by atoms with Crippen molar-refractivity contribution in [3.63, 3.8) is 0 Å². The first-order valence-corrected chi connectivity index (χ1v) is 7.55. The van der Waals surface area contributed by atoms with Gasteiger partial charge in [-0.25, -0.2) is 4.79 Å². The third-order valence-electron chi connectivity index (χ3n) is 3.02. The van der Waals surface area contributed by atoms with E-state index in [1.165, 1.54) is 23.1 Å². The van der Waals surface area contributed by atoms with Gasteiger partial charge in [0, 0.05) is 7.05 Å². The van der Waals surface area contributed by atoms with E-state index in [-0.39, 0.29) is 23.8 Å². The molecule has 0 bridgehead atoms. The minimum absolute atomic E-state index is 0.142. The molecule has 0 fully saturated rings. The van der Waals surface area contributed by atoms with Gasteiger partial charge in [-0.3, -0.25) is 14.3 Å². The molecule has 23 heavy (non-hydrogen) atoms. The summed E-state index contributed by atoms with van der Waals surface area (Å²) >= 11 is 1.28. The van der Waals surface area contributed by atoms with E-state index in [0.717, 1.165) is 0 Å². The Labute approximate surface area is 136 Å². The summed E-state index contributed by atoms with van der Waals surface area (Å²) in [6.45, 7) is 1.44. The molecule has 0 aliphatic heterocycles. The van der Waals surface area contributed by atoms with E-state index in [2.05, 4.69) is 20.5 Å². The molecule has 2 heterocycles. The summed E-state index contributed by atoms with van der Waals surface area (Å²) in [6, 6.07) is 3.42. The highest BCUT2D eigenvalue weighted by molar-refractivity contribution is 7.12. The number of methoxy groups -OCH3 is 1. The fraction of sp³-hybridized carbons (Fsp3) is 0.286. The molecule has 2 aromatic heterocycles. The number of rotatable bonds is 5. The molecule has 0 aromatic carbocycles. The second-order valence-corrected chi connectivity index (χ2v) is 5.58. The van der Waals surface area contributed by atoms with Gasteiger partial charge < -0.3 is 15.4 Å². The van der Waals surface area contributed by atoms with Gasteiger partial charge in [0.15, 0.2) is 5.69 Å². The number of ether oxygens (including phenoxy) is 1. The van der Waals surface area contributed by atoms with Gasteiger partial charge in [0.2, 0.25) is 5.91 Å². The van der Waals surface area contributed by atoms with E-state index >= 15 is 0 Å². The lowest BCUT2D eigenvalue weighted by Crippen LogP contribution is -2.32. The second-order valence-electron chi connectivity index (χ2n) is 4.63. The zero-order chi connectivity index (χ0) is 17.0. The zero-order valence-electron chi connectivity index (χ0n) is 12.9. The van der Waals surface area contributed by atoms with Crippen LogP contribution in [0.2, 0.25) is 0 Å². The third kappa shape index (κ3) is 3.75. The van der Waals surface area contributed by atoms with Crippen molar-refractivity contribution in [1.82, 2.24) is 15.1 Å². The molecule has 0 saturated heterocycles. The average molecular weight is 336 g/mol. The molecule has 2 rings (SSSR count). The maximum Gasteiger partial charge on any atom is 0.358 e. The van der Waals surface area contributed by atoms with E-state index in [0.29, 0.717) is 10.6 Å². The molecule has 8 nitrogen and oxygen atoms in total. The SMILES string of the molecule is COC(=O)c1c(NC(=O)CNC(=O)c2cccs2)c(C)nn1C. The van der Waals surface area contributed by atoms with Crippen LogP contribution < -0.4 is 10.6 Å². The molecule has 9 heteroatoms. The van der Waals surface area contributed by atoms with Gasteiger partial charge in [-0.15, -0.1) is 11.3 Å². The van der Waals surface area contributed by atoms with Crippen molar-refractivity contribution in [3.8, 4) is 0 Å². The lowest BCUT2D eigenvalue weighted by Gasteiger charge is -2.08. The van der Waals surface area contributed by atoms with Gasteiger partial charge in [0.25, 0.3) is 5.91 Å². The Morgan fingerprint density at radius 3 is 2.74 bits per heavy atom. The number of amides is 2. The van der Waals surface area contributed by atoms with Gasteiger partial charge >= 0.3 is 5.97 Å². The maximum atomic E-state index is 12.0. The predicted molar refractivity (Wildman–Crippen MR) is 84.6 cm³/mol. The number of aryl methyl sites for hydroxylation is 2. The van der Waals surface area contributed by atoms with Crippen molar-refractivity contribution in [2.24, 2.45) is 7.05 Å². The Morgan fingerprint density at radius 2 is 2.13 bits per heavy atom. The number of hydrogen-bond donors (Lipinski definition) is 2. The van der Waals surface area contributed by atoms with Crippen LogP contribution in [0.3, 0.4) is 0 Å². The van der Waals surface area contributed by atoms with Crippen LogP contribution in [0.4, 0.5) is 5.69 Å². The highest BCUT2D eigenvalue weighted by atomic mass is 32.1. The highest BCUT2D eigenvalue weighted by Crippen LogP contribution is 2.20. The van der Waals surface area contributed by atoms with Crippen LogP contribution >= 0.6 is 11.3 Å². The van der Waals surface area contributed by atoms with Crippen molar-refractivity contribution < 1.29 is 19.1 Å². The Balaban J connectivity index is 2.03. The number of thiophene rings is 1. The summed E-state index contributed by atoms with van der Waals surface area (Å²) in [7, 11) is 2.82. The van der Waals surface area contributed by atoms with Gasteiger partial charge in [-0.2, -0.15) is 5.10 Å². The quantitative estimate of drug-likeness (QED) is 0.791. The summed E-state index contributed by atoms with van der Waals surface area (Å²) in [5.74, 6) is -1.39. The summed E-state index contributed by atoms with van der Waals surface area (Å²) in [6.07, 6.45) is 0. The van der Waals surface area contributed by atoms with E-state index in [4.69, 9.17) is 0 Å². The van der Waals surface area contributed by atoms with E-state index in [1.807, 2.05) is 0 Å². The number of aromatic nitrogens is 2. The molecule has 0 atom stereocenters. The number of carbonyl (C=O) groups excluding carboxylic acids is 3. The number of esters is 1. The summed E-state index contributed by atoms with van der Waals surface area (Å²) < 4.78 is 6.01. The first kappa shape index (κ1) is 16.7. The van der Waals surface area contributed by atoms with Gasteiger partial charge in [-0.05, 0) is 18.4 Å². The molecule has 0 saturated carbocycles. The normalized spacial score (nSPS) is 10.2. The Kier molecular flexibility index (Phi) is 5.12. The molecular formula is C14H16N4O4S. The van der Waals surface area contributed by atoms with E-state index in [9.17, 15) is 14.4 Å². The van der Waals surface area contributed by atoms with Crippen LogP contribution in [-0.4, -0.2) is 41.2 Å². The number of anilines is 1. The molecule has 0 radical (unpaired) electrons. The molecule has 2 N–H and O–H groups in total. The fourth-order valence-electron chi connectivity index (χ4n) is 1.98. The minimum Gasteiger partial charge on any atom is -0.464 e. The summed E-state index contributed by atoms with van der Waals surface area (Å²) in [5.41, 5.74) is 0.892. The van der Waals surface area contributed by atoms with Crippen LogP contribution in [0, 0.1) is 6.92 Å². The predicted octanol–water partition coefficient (Wildman–Crippen LogP) is 0.945. The van der Waals surface area contributed by atoms with E-state index < -0.39 is 11.9 Å². The van der Waals surface area contributed by atoms with Crippen LogP contribution in [0.5, 0.6) is 0 Å². The number of hydrogen-bond acceptors (Lipinski definition) is 6. The molecule has 0 spiro atoms. The lowest BCUT2D eigenvalue weighted by atomic mass is 10.3. The molecule has 122 valence electrons. The van der Waals surface area contributed by atoms with Crippen LogP contribution in [0.15, 0.2) is 17.5 Å². The topological polar surface area (TPSA) is 102 Å². The Hall–Kier alpha value is -2.68. The molecule has 0 aliphatic carbocycles. The standard InChI is InChI=1S/C14H16N4O4S/c1-8-11(12(14(21)22-3)18(2)17-8)16-10(19)7-15-13(20)9-5-4-6-23-9/h4-6H,7H2,1-3H3,(H,15,20)(H,16,19). The minimum atomic E-state index is -0.606. The molecule has 2 aromatic rings. The van der Waals surface area contributed by atoms with Crippen molar-refractivity contribution in [1.29, 1.82) is 0 Å². The monoisotopic (exact) mass is 336 g/mol. The number of carbonyl (C=O) groups is 3. The van der Waals surface area contributed by atoms with Gasteiger partial charge in [-0.1, -0.05) is 6.07 Å².